The Morgan fingerprint density at radius 3 is 2.90 bits per heavy atom. The Balaban J connectivity index is 1.68. The van der Waals surface area contributed by atoms with Gasteiger partial charge in [-0.25, -0.2) is 0 Å². The van der Waals surface area contributed by atoms with Crippen molar-refractivity contribution in [1.29, 1.82) is 0 Å². The maximum atomic E-state index is 5.20. The van der Waals surface area contributed by atoms with Crippen molar-refractivity contribution < 1.29 is 4.74 Å². The number of rotatable bonds is 6. The van der Waals surface area contributed by atoms with Crippen molar-refractivity contribution in [2.75, 3.05) is 19.8 Å². The molecule has 0 saturated heterocycles. The molecule has 1 aliphatic rings. The van der Waals surface area contributed by atoms with Gasteiger partial charge in [-0.3, -0.25) is 0 Å². The van der Waals surface area contributed by atoms with Crippen molar-refractivity contribution in [2.24, 2.45) is 0 Å². The van der Waals surface area contributed by atoms with Crippen molar-refractivity contribution in [3.63, 3.8) is 0 Å². The molecule has 1 N–H and O–H groups in total. The van der Waals surface area contributed by atoms with Crippen molar-refractivity contribution >= 4 is 0 Å². The normalized spacial score (nSPS) is 17.7. The lowest BCUT2D eigenvalue weighted by Crippen LogP contribution is -2.18. The quantitative estimate of drug-likeness (QED) is 0.563. The molecule has 0 aromatic rings. The van der Waals surface area contributed by atoms with Crippen LogP contribution in [0.15, 0.2) is 0 Å². The maximum absolute atomic E-state index is 5.20. The van der Waals surface area contributed by atoms with E-state index in [1.54, 1.807) is 0 Å². The van der Waals surface area contributed by atoms with E-state index in [9.17, 15) is 0 Å². The van der Waals surface area contributed by atoms with Gasteiger partial charge >= 0.3 is 0 Å². The lowest BCUT2D eigenvalue weighted by atomic mass is 10.4. The zero-order valence-corrected chi connectivity index (χ0v) is 6.73. The third kappa shape index (κ3) is 3.85. The summed E-state index contributed by atoms with van der Waals surface area (Å²) in [6, 6.07) is 0.849. The molecule has 0 spiro atoms. The summed E-state index contributed by atoms with van der Waals surface area (Å²) in [4.78, 5) is 0. The summed E-state index contributed by atoms with van der Waals surface area (Å²) in [5.41, 5.74) is 0. The van der Waals surface area contributed by atoms with E-state index in [1.807, 2.05) is 6.92 Å². The minimum absolute atomic E-state index is 0.849. The van der Waals surface area contributed by atoms with Gasteiger partial charge < -0.3 is 10.1 Å². The summed E-state index contributed by atoms with van der Waals surface area (Å²) in [6.07, 6.45) is 3.92. The Hall–Kier alpha value is -0.0800. The first-order valence-corrected chi connectivity index (χ1v) is 4.24. The summed E-state index contributed by atoms with van der Waals surface area (Å²) in [5, 5.41) is 3.44. The zero-order valence-electron chi connectivity index (χ0n) is 6.73. The standard InChI is InChI=1S/C8H17NO/c1-2-10-7-3-6-9-8-4-5-8/h8-9H,2-7H2,1H3. The summed E-state index contributed by atoms with van der Waals surface area (Å²) in [7, 11) is 0. The molecule has 0 bridgehead atoms. The molecule has 0 aliphatic heterocycles. The highest BCUT2D eigenvalue weighted by atomic mass is 16.5. The van der Waals surface area contributed by atoms with Crippen LogP contribution in [0, 0.1) is 0 Å². The Morgan fingerprint density at radius 1 is 1.50 bits per heavy atom. The third-order valence-corrected chi connectivity index (χ3v) is 1.68. The second-order valence-corrected chi connectivity index (χ2v) is 2.78. The molecule has 0 unspecified atom stereocenters. The fourth-order valence-corrected chi connectivity index (χ4v) is 0.912. The van der Waals surface area contributed by atoms with Crippen LogP contribution in [0.5, 0.6) is 0 Å². The predicted molar refractivity (Wildman–Crippen MR) is 42.1 cm³/mol. The Bertz CT molecular complexity index is 81.3. The Labute approximate surface area is 63.0 Å². The zero-order chi connectivity index (χ0) is 7.23. The molecule has 0 atom stereocenters. The van der Waals surface area contributed by atoms with Gasteiger partial charge in [0, 0.05) is 19.3 Å². The highest BCUT2D eigenvalue weighted by Crippen LogP contribution is 2.18. The summed E-state index contributed by atoms with van der Waals surface area (Å²) < 4.78 is 5.20. The largest absolute Gasteiger partial charge is 0.382 e. The van der Waals surface area contributed by atoms with Gasteiger partial charge in [-0.2, -0.15) is 0 Å². The SMILES string of the molecule is CCOCCCNC1CC1. The average Bonchev–Trinajstić information content (AvgIpc) is 2.71. The molecule has 2 nitrogen and oxygen atoms in total. The smallest absolute Gasteiger partial charge is 0.0477 e. The number of hydrogen-bond donors (Lipinski definition) is 1. The summed E-state index contributed by atoms with van der Waals surface area (Å²) in [6.45, 7) is 4.93. The van der Waals surface area contributed by atoms with Gasteiger partial charge in [0.15, 0.2) is 0 Å². The Morgan fingerprint density at radius 2 is 2.30 bits per heavy atom. The number of ether oxygens (including phenoxy) is 1. The van der Waals surface area contributed by atoms with Gasteiger partial charge in [-0.1, -0.05) is 0 Å². The molecule has 0 aromatic carbocycles. The Kier molecular flexibility index (Phi) is 3.76. The summed E-state index contributed by atoms with van der Waals surface area (Å²) >= 11 is 0. The second kappa shape index (κ2) is 4.69. The van der Waals surface area contributed by atoms with E-state index in [-0.39, 0.29) is 0 Å². The first-order chi connectivity index (χ1) is 4.93. The topological polar surface area (TPSA) is 21.3 Å². The molecule has 10 heavy (non-hydrogen) atoms. The first kappa shape index (κ1) is 8.02. The van der Waals surface area contributed by atoms with E-state index in [1.165, 1.54) is 12.8 Å². The lowest BCUT2D eigenvalue weighted by molar-refractivity contribution is 0.144. The molecule has 1 aliphatic carbocycles. The van der Waals surface area contributed by atoms with Crippen LogP contribution in [0.25, 0.3) is 0 Å². The summed E-state index contributed by atoms with van der Waals surface area (Å²) in [5.74, 6) is 0. The minimum Gasteiger partial charge on any atom is -0.382 e. The van der Waals surface area contributed by atoms with Crippen LogP contribution in [-0.4, -0.2) is 25.8 Å². The van der Waals surface area contributed by atoms with Crippen LogP contribution < -0.4 is 5.32 Å². The van der Waals surface area contributed by atoms with Crippen LogP contribution in [0.4, 0.5) is 0 Å². The van der Waals surface area contributed by atoms with E-state index < -0.39 is 0 Å². The fraction of sp³-hybridized carbons (Fsp3) is 1.00. The molecule has 0 aromatic heterocycles. The van der Waals surface area contributed by atoms with Crippen molar-refractivity contribution in [3.8, 4) is 0 Å². The van der Waals surface area contributed by atoms with Gasteiger partial charge in [0.05, 0.1) is 0 Å². The minimum atomic E-state index is 0.849. The van der Waals surface area contributed by atoms with E-state index >= 15 is 0 Å². The molecular weight excluding hydrogens is 126 g/mol. The van der Waals surface area contributed by atoms with E-state index in [2.05, 4.69) is 5.32 Å². The van der Waals surface area contributed by atoms with Crippen LogP contribution in [-0.2, 0) is 4.74 Å². The van der Waals surface area contributed by atoms with Gasteiger partial charge in [0.25, 0.3) is 0 Å². The van der Waals surface area contributed by atoms with Crippen LogP contribution in [0.2, 0.25) is 0 Å². The molecule has 0 heterocycles. The molecule has 1 saturated carbocycles. The van der Waals surface area contributed by atoms with Gasteiger partial charge in [-0.15, -0.1) is 0 Å². The number of hydrogen-bond acceptors (Lipinski definition) is 2. The third-order valence-electron chi connectivity index (χ3n) is 1.68. The van der Waals surface area contributed by atoms with Gasteiger partial charge in [0.2, 0.25) is 0 Å². The van der Waals surface area contributed by atoms with Crippen LogP contribution >= 0.6 is 0 Å². The van der Waals surface area contributed by atoms with E-state index in [4.69, 9.17) is 4.74 Å². The monoisotopic (exact) mass is 143 g/mol. The average molecular weight is 143 g/mol. The molecule has 1 fully saturated rings. The molecule has 1 rings (SSSR count). The lowest BCUT2D eigenvalue weighted by Gasteiger charge is -2.01. The van der Waals surface area contributed by atoms with Crippen molar-refractivity contribution in [1.82, 2.24) is 5.32 Å². The second-order valence-electron chi connectivity index (χ2n) is 2.78. The molecular formula is C8H17NO. The fourth-order valence-electron chi connectivity index (χ4n) is 0.912. The maximum Gasteiger partial charge on any atom is 0.0477 e. The molecule has 2 heteroatoms. The molecule has 0 radical (unpaired) electrons. The molecule has 0 amide bonds. The van der Waals surface area contributed by atoms with Gasteiger partial charge in [0.1, 0.15) is 0 Å². The van der Waals surface area contributed by atoms with Crippen molar-refractivity contribution in [3.05, 3.63) is 0 Å². The first-order valence-electron chi connectivity index (χ1n) is 4.24. The highest BCUT2D eigenvalue weighted by Gasteiger charge is 2.19. The van der Waals surface area contributed by atoms with Crippen LogP contribution in [0.1, 0.15) is 26.2 Å². The molecule has 60 valence electrons. The highest BCUT2D eigenvalue weighted by molar-refractivity contribution is 4.80. The van der Waals surface area contributed by atoms with Crippen LogP contribution in [0.3, 0.4) is 0 Å². The van der Waals surface area contributed by atoms with Crippen molar-refractivity contribution in [2.45, 2.75) is 32.2 Å². The van der Waals surface area contributed by atoms with E-state index in [0.717, 1.165) is 32.2 Å². The van der Waals surface area contributed by atoms with Gasteiger partial charge in [-0.05, 0) is 32.7 Å². The van der Waals surface area contributed by atoms with E-state index in [0.29, 0.717) is 0 Å². The predicted octanol–water partition coefficient (Wildman–Crippen LogP) is 1.17. The number of nitrogens with one attached hydrogen (secondary N) is 1.